The van der Waals surface area contributed by atoms with E-state index in [1.54, 1.807) is 0 Å². The molecule has 0 bridgehead atoms. The molecular formula is C13H12F6N4O. The van der Waals surface area contributed by atoms with Crippen LogP contribution >= 0.6 is 0 Å². The summed E-state index contributed by atoms with van der Waals surface area (Å²) in [6.45, 7) is 1.51. The molecule has 1 heterocycles. The Bertz CT molecular complexity index is 645. The number of benzene rings is 1. The van der Waals surface area contributed by atoms with Crippen LogP contribution in [0.5, 0.6) is 0 Å². The smallest absolute Gasteiger partial charge is 0.354 e. The van der Waals surface area contributed by atoms with Gasteiger partial charge in [0.2, 0.25) is 5.91 Å². The lowest BCUT2D eigenvalue weighted by Gasteiger charge is -2.21. The fraction of sp³-hybridized carbons (Fsp3) is 0.385. The van der Waals surface area contributed by atoms with Crippen LogP contribution in [-0.2, 0) is 17.1 Å². The van der Waals surface area contributed by atoms with Gasteiger partial charge in [-0.05, 0) is 12.1 Å². The van der Waals surface area contributed by atoms with E-state index < -0.39 is 40.8 Å². The first-order valence-corrected chi connectivity index (χ1v) is 6.64. The van der Waals surface area contributed by atoms with E-state index in [1.165, 1.54) is 0 Å². The Kier molecular flexibility index (Phi) is 4.63. The van der Waals surface area contributed by atoms with E-state index in [1.807, 2.05) is 5.32 Å². The van der Waals surface area contributed by atoms with Crippen LogP contribution in [0.2, 0.25) is 0 Å². The first-order valence-electron chi connectivity index (χ1n) is 6.64. The lowest BCUT2D eigenvalue weighted by Crippen LogP contribution is -2.29. The number of guanidine groups is 1. The summed E-state index contributed by atoms with van der Waals surface area (Å²) in [6.07, 6.45) is -10.1. The van der Waals surface area contributed by atoms with Gasteiger partial charge in [0, 0.05) is 19.2 Å². The molecule has 0 unspecified atom stereocenters. The van der Waals surface area contributed by atoms with Crippen molar-refractivity contribution in [3.05, 3.63) is 23.3 Å². The highest BCUT2D eigenvalue weighted by atomic mass is 19.4. The van der Waals surface area contributed by atoms with Crippen molar-refractivity contribution < 1.29 is 31.1 Å². The zero-order chi connectivity index (χ0) is 18.1. The summed E-state index contributed by atoms with van der Waals surface area (Å²) in [5.74, 6) is -0.975. The maximum Gasteiger partial charge on any atom is 0.418 e. The number of anilines is 2. The predicted molar refractivity (Wildman–Crippen MR) is 74.7 cm³/mol. The molecule has 0 fully saturated rings. The molecule has 0 aromatic heterocycles. The SMILES string of the molecule is CC(=O)Nc1cc(C(F)(F)F)c(NC2=NCCN2)c(C(F)(F)F)c1. The number of hydrogen-bond acceptors (Lipinski definition) is 4. The van der Waals surface area contributed by atoms with E-state index in [4.69, 9.17) is 0 Å². The van der Waals surface area contributed by atoms with Gasteiger partial charge in [0.25, 0.3) is 0 Å². The van der Waals surface area contributed by atoms with E-state index >= 15 is 0 Å². The molecule has 0 radical (unpaired) electrons. The summed E-state index contributed by atoms with van der Waals surface area (Å²) < 4.78 is 79.4. The molecule has 0 saturated heterocycles. The first-order chi connectivity index (χ1) is 11.0. The van der Waals surface area contributed by atoms with E-state index in [0.29, 0.717) is 18.7 Å². The zero-order valence-electron chi connectivity index (χ0n) is 12.2. The number of rotatable bonds is 2. The minimum absolute atomic E-state index is 0.182. The number of carbonyl (C=O) groups is 1. The summed E-state index contributed by atoms with van der Waals surface area (Å²) >= 11 is 0. The van der Waals surface area contributed by atoms with Crippen LogP contribution in [0.3, 0.4) is 0 Å². The zero-order valence-corrected chi connectivity index (χ0v) is 12.2. The molecule has 1 amide bonds. The minimum Gasteiger partial charge on any atom is -0.354 e. The molecule has 5 nitrogen and oxygen atoms in total. The molecule has 2 rings (SSSR count). The van der Waals surface area contributed by atoms with E-state index in [0.717, 1.165) is 6.92 Å². The second-order valence-corrected chi connectivity index (χ2v) is 4.91. The van der Waals surface area contributed by atoms with Crippen LogP contribution in [0.4, 0.5) is 37.7 Å². The monoisotopic (exact) mass is 354 g/mol. The number of halogens is 6. The predicted octanol–water partition coefficient (Wildman–Crippen LogP) is 3.05. The molecule has 1 aliphatic rings. The molecule has 1 aromatic rings. The maximum absolute atomic E-state index is 13.2. The highest BCUT2D eigenvalue weighted by Crippen LogP contribution is 2.44. The average Bonchev–Trinajstić information content (AvgIpc) is 2.89. The molecule has 3 N–H and O–H groups in total. The van der Waals surface area contributed by atoms with Crippen molar-refractivity contribution >= 4 is 23.2 Å². The van der Waals surface area contributed by atoms with Gasteiger partial charge < -0.3 is 16.0 Å². The van der Waals surface area contributed by atoms with Crippen molar-refractivity contribution in [1.82, 2.24) is 5.32 Å². The molecule has 1 aromatic carbocycles. The van der Waals surface area contributed by atoms with Gasteiger partial charge in [-0.3, -0.25) is 9.79 Å². The van der Waals surface area contributed by atoms with E-state index in [2.05, 4.69) is 15.6 Å². The topological polar surface area (TPSA) is 65.5 Å². The van der Waals surface area contributed by atoms with Crippen LogP contribution in [0.15, 0.2) is 17.1 Å². The second-order valence-electron chi connectivity index (χ2n) is 4.91. The normalized spacial score (nSPS) is 14.9. The Morgan fingerprint density at radius 1 is 1.12 bits per heavy atom. The van der Waals surface area contributed by atoms with Crippen molar-refractivity contribution in [2.24, 2.45) is 4.99 Å². The number of alkyl halides is 6. The van der Waals surface area contributed by atoms with Gasteiger partial charge in [0.15, 0.2) is 5.96 Å². The van der Waals surface area contributed by atoms with Crippen LogP contribution in [0.1, 0.15) is 18.1 Å². The molecule has 0 saturated carbocycles. The highest BCUT2D eigenvalue weighted by Gasteiger charge is 2.42. The van der Waals surface area contributed by atoms with Crippen LogP contribution < -0.4 is 16.0 Å². The number of aliphatic imine (C=N–C) groups is 1. The Morgan fingerprint density at radius 3 is 2.04 bits per heavy atom. The van der Waals surface area contributed by atoms with Gasteiger partial charge in [0.1, 0.15) is 0 Å². The molecule has 1 aliphatic heterocycles. The Hall–Kier alpha value is -2.46. The quantitative estimate of drug-likeness (QED) is 0.716. The van der Waals surface area contributed by atoms with Gasteiger partial charge in [-0.2, -0.15) is 26.3 Å². The largest absolute Gasteiger partial charge is 0.418 e. The summed E-state index contributed by atoms with van der Waals surface area (Å²) in [7, 11) is 0. The van der Waals surface area contributed by atoms with E-state index in [9.17, 15) is 31.1 Å². The third kappa shape index (κ3) is 4.09. The molecule has 0 spiro atoms. The van der Waals surface area contributed by atoms with Crippen molar-refractivity contribution in [1.29, 1.82) is 0 Å². The van der Waals surface area contributed by atoms with Crippen molar-refractivity contribution in [2.75, 3.05) is 23.7 Å². The number of carbonyl (C=O) groups excluding carboxylic acids is 1. The van der Waals surface area contributed by atoms with Crippen molar-refractivity contribution in [2.45, 2.75) is 19.3 Å². The van der Waals surface area contributed by atoms with Gasteiger partial charge in [-0.1, -0.05) is 0 Å². The van der Waals surface area contributed by atoms with E-state index in [-0.39, 0.29) is 12.5 Å². The fourth-order valence-electron chi connectivity index (χ4n) is 2.10. The number of nitrogens with zero attached hydrogens (tertiary/aromatic N) is 1. The first kappa shape index (κ1) is 17.9. The van der Waals surface area contributed by atoms with Crippen LogP contribution in [0, 0.1) is 0 Å². The summed E-state index contributed by atoms with van der Waals surface area (Å²) in [5.41, 5.74) is -4.89. The van der Waals surface area contributed by atoms with Gasteiger partial charge in [-0.15, -0.1) is 0 Å². The number of nitrogens with one attached hydrogen (secondary N) is 3. The summed E-state index contributed by atoms with van der Waals surface area (Å²) in [4.78, 5) is 14.7. The summed E-state index contributed by atoms with van der Waals surface area (Å²) in [5, 5.41) is 6.54. The second kappa shape index (κ2) is 6.21. The minimum atomic E-state index is -5.07. The number of hydrogen-bond donors (Lipinski definition) is 3. The van der Waals surface area contributed by atoms with Crippen molar-refractivity contribution in [3.8, 4) is 0 Å². The lowest BCUT2D eigenvalue weighted by atomic mass is 10.0. The Morgan fingerprint density at radius 2 is 1.67 bits per heavy atom. The molecule has 0 atom stereocenters. The van der Waals surface area contributed by atoms with Gasteiger partial charge >= 0.3 is 12.4 Å². The molecule has 0 aliphatic carbocycles. The molecule has 24 heavy (non-hydrogen) atoms. The fourth-order valence-corrected chi connectivity index (χ4v) is 2.10. The third-order valence-corrected chi connectivity index (χ3v) is 2.99. The molecule has 132 valence electrons. The summed E-state index contributed by atoms with van der Waals surface area (Å²) in [6, 6.07) is 0.878. The standard InChI is InChI=1S/C13H12F6N4O/c1-6(24)22-7-4-8(12(14,15)16)10(9(5-7)13(17,18)19)23-11-20-2-3-21-11/h4-5H,2-3H2,1H3,(H,22,24)(H2,20,21,23). The highest BCUT2D eigenvalue weighted by molar-refractivity contribution is 5.97. The van der Waals surface area contributed by atoms with Crippen LogP contribution in [-0.4, -0.2) is 25.0 Å². The maximum atomic E-state index is 13.2. The van der Waals surface area contributed by atoms with Crippen molar-refractivity contribution in [3.63, 3.8) is 0 Å². The average molecular weight is 354 g/mol. The Labute approximate surface area is 132 Å². The Balaban J connectivity index is 2.64. The molecular weight excluding hydrogens is 342 g/mol. The van der Waals surface area contributed by atoms with Crippen LogP contribution in [0.25, 0.3) is 0 Å². The third-order valence-electron chi connectivity index (χ3n) is 2.99. The molecule has 11 heteroatoms. The van der Waals surface area contributed by atoms with Gasteiger partial charge in [-0.25, -0.2) is 0 Å². The number of amides is 1. The van der Waals surface area contributed by atoms with Gasteiger partial charge in [0.05, 0.1) is 23.4 Å². The lowest BCUT2D eigenvalue weighted by molar-refractivity contribution is -0.141.